The van der Waals surface area contributed by atoms with Crippen molar-refractivity contribution in [2.24, 2.45) is 7.05 Å². The van der Waals surface area contributed by atoms with Gasteiger partial charge in [-0.25, -0.2) is 0 Å². The maximum atomic E-state index is 12.0. The number of nitrogens with zero attached hydrogens (tertiary/aromatic N) is 2. The Kier molecular flexibility index (Phi) is 4.09. The molecular weight excluding hydrogens is 316 g/mol. The molecule has 1 aliphatic carbocycles. The molecular formula is C16H17ClN4O2. The maximum Gasteiger partial charge on any atom is 0.313 e. The van der Waals surface area contributed by atoms with Crippen molar-refractivity contribution >= 4 is 29.1 Å². The Balaban J connectivity index is 1.59. The van der Waals surface area contributed by atoms with E-state index in [0.29, 0.717) is 17.3 Å². The number of anilines is 1. The lowest BCUT2D eigenvalue weighted by molar-refractivity contribution is -0.136. The van der Waals surface area contributed by atoms with Gasteiger partial charge in [0.1, 0.15) is 0 Å². The van der Waals surface area contributed by atoms with Gasteiger partial charge in [0.15, 0.2) is 0 Å². The summed E-state index contributed by atoms with van der Waals surface area (Å²) in [4.78, 5) is 23.8. The van der Waals surface area contributed by atoms with Crippen molar-refractivity contribution in [3.8, 4) is 0 Å². The quantitative estimate of drug-likeness (QED) is 0.839. The Labute approximate surface area is 138 Å². The third kappa shape index (κ3) is 3.37. The van der Waals surface area contributed by atoms with Gasteiger partial charge < -0.3 is 10.6 Å². The van der Waals surface area contributed by atoms with Crippen LogP contribution >= 0.6 is 11.6 Å². The highest BCUT2D eigenvalue weighted by Gasteiger charge is 2.45. The van der Waals surface area contributed by atoms with Crippen LogP contribution in [0.15, 0.2) is 36.7 Å². The lowest BCUT2D eigenvalue weighted by atomic mass is 9.96. The van der Waals surface area contributed by atoms with Crippen LogP contribution in [0.4, 0.5) is 5.69 Å². The van der Waals surface area contributed by atoms with E-state index in [1.165, 1.54) is 6.20 Å². The van der Waals surface area contributed by atoms with E-state index in [1.807, 2.05) is 24.3 Å². The summed E-state index contributed by atoms with van der Waals surface area (Å²) in [6, 6.07) is 7.62. The van der Waals surface area contributed by atoms with E-state index in [0.717, 1.165) is 18.4 Å². The van der Waals surface area contributed by atoms with Gasteiger partial charge in [0.05, 0.1) is 11.9 Å². The first kappa shape index (κ1) is 15.6. The van der Waals surface area contributed by atoms with E-state index in [1.54, 1.807) is 17.9 Å². The Morgan fingerprint density at radius 2 is 2.04 bits per heavy atom. The first-order valence-corrected chi connectivity index (χ1v) is 7.71. The number of aryl methyl sites for hydroxylation is 1. The fourth-order valence-corrected chi connectivity index (χ4v) is 2.92. The predicted octanol–water partition coefficient (Wildman–Crippen LogP) is 1.86. The van der Waals surface area contributed by atoms with E-state index in [-0.39, 0.29) is 5.41 Å². The van der Waals surface area contributed by atoms with Crippen LogP contribution in [-0.2, 0) is 22.1 Å². The van der Waals surface area contributed by atoms with Gasteiger partial charge in [-0.3, -0.25) is 14.3 Å². The topological polar surface area (TPSA) is 76.0 Å². The molecule has 1 aromatic carbocycles. The highest BCUT2D eigenvalue weighted by Crippen LogP contribution is 2.49. The SMILES string of the molecule is Cn1cc(NC(=O)C(=O)NCC2(c3ccccc3Cl)CC2)cn1. The molecule has 0 saturated heterocycles. The minimum atomic E-state index is -0.701. The maximum absolute atomic E-state index is 12.0. The number of hydrogen-bond acceptors (Lipinski definition) is 3. The number of amides is 2. The molecule has 2 amide bonds. The summed E-state index contributed by atoms with van der Waals surface area (Å²) in [7, 11) is 1.73. The van der Waals surface area contributed by atoms with Gasteiger partial charge in [0.2, 0.25) is 0 Å². The zero-order valence-electron chi connectivity index (χ0n) is 12.7. The lowest BCUT2D eigenvalue weighted by Crippen LogP contribution is -2.39. The Morgan fingerprint density at radius 3 is 2.65 bits per heavy atom. The molecule has 0 radical (unpaired) electrons. The van der Waals surface area contributed by atoms with Gasteiger partial charge in [0.25, 0.3) is 0 Å². The van der Waals surface area contributed by atoms with E-state index in [9.17, 15) is 9.59 Å². The van der Waals surface area contributed by atoms with Crippen LogP contribution < -0.4 is 10.6 Å². The fourth-order valence-electron chi connectivity index (χ4n) is 2.59. The second kappa shape index (κ2) is 6.04. The number of aromatic nitrogens is 2. The van der Waals surface area contributed by atoms with Gasteiger partial charge in [0, 0.05) is 30.2 Å². The number of benzene rings is 1. The number of carbonyl (C=O) groups is 2. The van der Waals surface area contributed by atoms with Crippen molar-refractivity contribution in [2.45, 2.75) is 18.3 Å². The van der Waals surface area contributed by atoms with E-state index >= 15 is 0 Å². The molecule has 1 saturated carbocycles. The van der Waals surface area contributed by atoms with Crippen LogP contribution in [-0.4, -0.2) is 28.1 Å². The van der Waals surface area contributed by atoms with Crippen LogP contribution in [0.25, 0.3) is 0 Å². The second-order valence-corrected chi connectivity index (χ2v) is 6.21. The highest BCUT2D eigenvalue weighted by atomic mass is 35.5. The molecule has 1 heterocycles. The average molecular weight is 333 g/mol. The smallest absolute Gasteiger partial charge is 0.313 e. The number of halogens is 1. The van der Waals surface area contributed by atoms with Crippen molar-refractivity contribution in [1.29, 1.82) is 0 Å². The van der Waals surface area contributed by atoms with E-state index in [2.05, 4.69) is 15.7 Å². The van der Waals surface area contributed by atoms with Crippen LogP contribution in [0.1, 0.15) is 18.4 Å². The van der Waals surface area contributed by atoms with Crippen molar-refractivity contribution in [2.75, 3.05) is 11.9 Å². The second-order valence-electron chi connectivity index (χ2n) is 5.80. The standard InChI is InChI=1S/C16H17ClN4O2/c1-21-9-11(8-19-21)20-15(23)14(22)18-10-16(6-7-16)12-4-2-3-5-13(12)17/h2-5,8-9H,6-7,10H2,1H3,(H,18,22)(H,20,23). The van der Waals surface area contributed by atoms with Crippen molar-refractivity contribution < 1.29 is 9.59 Å². The largest absolute Gasteiger partial charge is 0.347 e. The third-order valence-corrected chi connectivity index (χ3v) is 4.38. The predicted molar refractivity (Wildman–Crippen MR) is 87.2 cm³/mol. The molecule has 0 unspecified atom stereocenters. The Bertz CT molecular complexity index is 752. The lowest BCUT2D eigenvalue weighted by Gasteiger charge is -2.17. The number of hydrogen-bond donors (Lipinski definition) is 2. The molecule has 23 heavy (non-hydrogen) atoms. The molecule has 1 aliphatic rings. The molecule has 6 nitrogen and oxygen atoms in total. The molecule has 120 valence electrons. The fraction of sp³-hybridized carbons (Fsp3) is 0.312. The molecule has 0 atom stereocenters. The molecule has 1 fully saturated rings. The summed E-state index contributed by atoms with van der Waals surface area (Å²) in [6.45, 7) is 0.399. The van der Waals surface area contributed by atoms with Gasteiger partial charge in [-0.05, 0) is 24.5 Å². The van der Waals surface area contributed by atoms with Gasteiger partial charge >= 0.3 is 11.8 Å². The first-order chi connectivity index (χ1) is 11.0. The van der Waals surface area contributed by atoms with Gasteiger partial charge in [-0.2, -0.15) is 5.10 Å². The minimum Gasteiger partial charge on any atom is -0.347 e. The van der Waals surface area contributed by atoms with E-state index in [4.69, 9.17) is 11.6 Å². The molecule has 0 aliphatic heterocycles. The van der Waals surface area contributed by atoms with Gasteiger partial charge in [-0.1, -0.05) is 29.8 Å². The normalized spacial score (nSPS) is 15.0. The molecule has 3 rings (SSSR count). The summed E-state index contributed by atoms with van der Waals surface area (Å²) in [5.41, 5.74) is 1.36. The van der Waals surface area contributed by atoms with Crippen molar-refractivity contribution in [3.63, 3.8) is 0 Å². The molecule has 0 spiro atoms. The monoisotopic (exact) mass is 332 g/mol. The summed E-state index contributed by atoms with van der Waals surface area (Å²) < 4.78 is 1.55. The summed E-state index contributed by atoms with van der Waals surface area (Å²) in [6.07, 6.45) is 5.00. The molecule has 2 N–H and O–H groups in total. The molecule has 0 bridgehead atoms. The van der Waals surface area contributed by atoms with Crippen LogP contribution in [0.3, 0.4) is 0 Å². The first-order valence-electron chi connectivity index (χ1n) is 7.33. The third-order valence-electron chi connectivity index (χ3n) is 4.06. The van der Waals surface area contributed by atoms with Crippen LogP contribution in [0.5, 0.6) is 0 Å². The zero-order valence-corrected chi connectivity index (χ0v) is 13.4. The zero-order chi connectivity index (χ0) is 16.4. The number of nitrogens with one attached hydrogen (secondary N) is 2. The minimum absolute atomic E-state index is 0.150. The summed E-state index contributed by atoms with van der Waals surface area (Å²) in [5.74, 6) is -1.36. The van der Waals surface area contributed by atoms with Crippen LogP contribution in [0, 0.1) is 0 Å². The number of carbonyl (C=O) groups excluding carboxylic acids is 2. The highest BCUT2D eigenvalue weighted by molar-refractivity contribution is 6.39. The van der Waals surface area contributed by atoms with E-state index < -0.39 is 11.8 Å². The Morgan fingerprint density at radius 1 is 1.30 bits per heavy atom. The molecule has 1 aromatic heterocycles. The molecule has 7 heteroatoms. The van der Waals surface area contributed by atoms with Crippen molar-refractivity contribution in [1.82, 2.24) is 15.1 Å². The summed E-state index contributed by atoms with van der Waals surface area (Å²) in [5, 5.41) is 9.83. The average Bonchev–Trinajstić information content (AvgIpc) is 3.21. The molecule has 2 aromatic rings. The number of rotatable bonds is 4. The van der Waals surface area contributed by atoms with Gasteiger partial charge in [-0.15, -0.1) is 0 Å². The van der Waals surface area contributed by atoms with Crippen LogP contribution in [0.2, 0.25) is 5.02 Å². The summed E-state index contributed by atoms with van der Waals surface area (Å²) >= 11 is 6.24. The van der Waals surface area contributed by atoms with Crippen molar-refractivity contribution in [3.05, 3.63) is 47.2 Å². The Hall–Kier alpha value is -2.34.